The van der Waals surface area contributed by atoms with E-state index in [2.05, 4.69) is 5.32 Å². The van der Waals surface area contributed by atoms with Crippen LogP contribution < -0.4 is 15.8 Å². The second-order valence-corrected chi connectivity index (χ2v) is 6.05. The van der Waals surface area contributed by atoms with Crippen molar-refractivity contribution >= 4 is 22.6 Å². The van der Waals surface area contributed by atoms with Gasteiger partial charge in [-0.1, -0.05) is 30.3 Å². The molecule has 0 atom stereocenters. The minimum Gasteiger partial charge on any atom is -0.422 e. The summed E-state index contributed by atoms with van der Waals surface area (Å²) < 4.78 is 5.19. The number of nitrogens with zero attached hydrogens (tertiary/aromatic N) is 1. The van der Waals surface area contributed by atoms with E-state index in [0.29, 0.717) is 18.5 Å². The Morgan fingerprint density at radius 2 is 1.80 bits per heavy atom. The lowest BCUT2D eigenvalue weighted by Gasteiger charge is -2.12. The number of fused-ring (bicyclic) bond motifs is 1. The molecule has 0 aliphatic rings. The molecule has 128 valence electrons. The number of carbonyl (C=O) groups excluding carboxylic acids is 1. The SMILES string of the molecule is CN(C)c1ccc(CCNC(=O)c2cc3ccccc3oc2=O)cc1. The van der Waals surface area contributed by atoms with Crippen LogP contribution in [0.2, 0.25) is 0 Å². The Kier molecular flexibility index (Phi) is 4.84. The Bertz CT molecular complexity index is 943. The number of nitrogens with one attached hydrogen (secondary N) is 1. The van der Waals surface area contributed by atoms with E-state index in [-0.39, 0.29) is 5.56 Å². The van der Waals surface area contributed by atoms with E-state index in [9.17, 15) is 9.59 Å². The molecule has 3 rings (SSSR count). The van der Waals surface area contributed by atoms with E-state index >= 15 is 0 Å². The van der Waals surface area contributed by atoms with Gasteiger partial charge >= 0.3 is 5.63 Å². The second kappa shape index (κ2) is 7.21. The molecule has 0 spiro atoms. The molecule has 1 heterocycles. The van der Waals surface area contributed by atoms with Crippen LogP contribution in [-0.2, 0) is 6.42 Å². The number of rotatable bonds is 5. The first-order valence-corrected chi connectivity index (χ1v) is 8.12. The molecule has 0 saturated carbocycles. The first-order chi connectivity index (χ1) is 12.0. The summed E-state index contributed by atoms with van der Waals surface area (Å²) in [6, 6.07) is 16.8. The highest BCUT2D eigenvalue weighted by molar-refractivity contribution is 5.96. The predicted octanol–water partition coefficient (Wildman–Crippen LogP) is 2.83. The van der Waals surface area contributed by atoms with Crippen molar-refractivity contribution in [3.8, 4) is 0 Å². The Labute approximate surface area is 145 Å². The van der Waals surface area contributed by atoms with Crippen LogP contribution in [0.25, 0.3) is 11.0 Å². The van der Waals surface area contributed by atoms with Gasteiger partial charge in [-0.3, -0.25) is 4.79 Å². The zero-order chi connectivity index (χ0) is 17.8. The summed E-state index contributed by atoms with van der Waals surface area (Å²) in [6.07, 6.45) is 0.693. The number of hydrogen-bond donors (Lipinski definition) is 1. The zero-order valence-electron chi connectivity index (χ0n) is 14.3. The van der Waals surface area contributed by atoms with E-state index in [1.54, 1.807) is 24.3 Å². The summed E-state index contributed by atoms with van der Waals surface area (Å²) in [7, 11) is 3.98. The Hall–Kier alpha value is -3.08. The van der Waals surface area contributed by atoms with Gasteiger partial charge in [0.2, 0.25) is 0 Å². The van der Waals surface area contributed by atoms with Crippen LogP contribution in [0.4, 0.5) is 5.69 Å². The molecule has 5 heteroatoms. The van der Waals surface area contributed by atoms with E-state index in [1.807, 2.05) is 49.3 Å². The van der Waals surface area contributed by atoms with Crippen molar-refractivity contribution in [1.82, 2.24) is 5.32 Å². The van der Waals surface area contributed by atoms with Crippen LogP contribution in [0.1, 0.15) is 15.9 Å². The van der Waals surface area contributed by atoms with E-state index in [4.69, 9.17) is 4.42 Å². The number of amides is 1. The van der Waals surface area contributed by atoms with Gasteiger partial charge in [0.25, 0.3) is 5.91 Å². The monoisotopic (exact) mass is 336 g/mol. The van der Waals surface area contributed by atoms with Gasteiger partial charge in [-0.05, 0) is 36.2 Å². The van der Waals surface area contributed by atoms with Crippen LogP contribution in [0.5, 0.6) is 0 Å². The van der Waals surface area contributed by atoms with Crippen molar-refractivity contribution in [3.05, 3.63) is 76.1 Å². The molecule has 0 aliphatic carbocycles. The Morgan fingerprint density at radius 1 is 1.08 bits per heavy atom. The van der Waals surface area contributed by atoms with Crippen molar-refractivity contribution in [1.29, 1.82) is 0 Å². The summed E-state index contributed by atoms with van der Waals surface area (Å²) in [5.74, 6) is -0.413. The molecule has 2 aromatic carbocycles. The minimum atomic E-state index is -0.619. The Morgan fingerprint density at radius 3 is 2.52 bits per heavy atom. The molecule has 5 nitrogen and oxygen atoms in total. The molecule has 1 N–H and O–H groups in total. The number of benzene rings is 2. The van der Waals surface area contributed by atoms with Crippen LogP contribution in [0.3, 0.4) is 0 Å². The van der Waals surface area contributed by atoms with Gasteiger partial charge in [-0.15, -0.1) is 0 Å². The highest BCUT2D eigenvalue weighted by Crippen LogP contribution is 2.13. The van der Waals surface area contributed by atoms with Gasteiger partial charge in [-0.2, -0.15) is 0 Å². The summed E-state index contributed by atoms with van der Waals surface area (Å²) in [5.41, 5.74) is 2.14. The molecule has 0 saturated heterocycles. The summed E-state index contributed by atoms with van der Waals surface area (Å²) in [5, 5.41) is 3.51. The highest BCUT2D eigenvalue weighted by Gasteiger charge is 2.13. The number of para-hydroxylation sites is 1. The van der Waals surface area contributed by atoms with Crippen LogP contribution in [0, 0.1) is 0 Å². The molecule has 0 fully saturated rings. The van der Waals surface area contributed by atoms with Gasteiger partial charge in [0, 0.05) is 31.7 Å². The van der Waals surface area contributed by atoms with Crippen LogP contribution >= 0.6 is 0 Å². The predicted molar refractivity (Wildman–Crippen MR) is 99.3 cm³/mol. The number of carbonyl (C=O) groups is 1. The average molecular weight is 336 g/mol. The maximum Gasteiger partial charge on any atom is 0.349 e. The van der Waals surface area contributed by atoms with Crippen LogP contribution in [-0.4, -0.2) is 26.5 Å². The zero-order valence-corrected chi connectivity index (χ0v) is 14.3. The summed E-state index contributed by atoms with van der Waals surface area (Å²) in [6.45, 7) is 0.451. The lowest BCUT2D eigenvalue weighted by Crippen LogP contribution is -2.29. The lowest BCUT2D eigenvalue weighted by molar-refractivity contribution is 0.0950. The first kappa shape index (κ1) is 16.8. The third-order valence-electron chi connectivity index (χ3n) is 4.04. The van der Waals surface area contributed by atoms with Gasteiger partial charge in [0.15, 0.2) is 0 Å². The lowest BCUT2D eigenvalue weighted by atomic mass is 10.1. The van der Waals surface area contributed by atoms with E-state index in [0.717, 1.165) is 16.6 Å². The van der Waals surface area contributed by atoms with Gasteiger partial charge < -0.3 is 14.6 Å². The number of anilines is 1. The third kappa shape index (κ3) is 3.88. The molecule has 3 aromatic rings. The molecule has 0 radical (unpaired) electrons. The van der Waals surface area contributed by atoms with Crippen molar-refractivity contribution < 1.29 is 9.21 Å². The topological polar surface area (TPSA) is 62.6 Å². The second-order valence-electron chi connectivity index (χ2n) is 6.05. The molecular formula is C20H20N2O3. The third-order valence-corrected chi connectivity index (χ3v) is 4.04. The van der Waals surface area contributed by atoms with Crippen molar-refractivity contribution in [2.45, 2.75) is 6.42 Å². The quantitative estimate of drug-likeness (QED) is 0.728. The maximum atomic E-state index is 12.3. The molecule has 0 unspecified atom stereocenters. The summed E-state index contributed by atoms with van der Waals surface area (Å²) in [4.78, 5) is 26.3. The fourth-order valence-corrected chi connectivity index (χ4v) is 2.60. The smallest absolute Gasteiger partial charge is 0.349 e. The minimum absolute atomic E-state index is 0.0293. The van der Waals surface area contributed by atoms with E-state index in [1.165, 1.54) is 0 Å². The standard InChI is InChI=1S/C20H20N2O3/c1-22(2)16-9-7-14(8-10-16)11-12-21-19(23)17-13-15-5-3-4-6-18(15)25-20(17)24/h3-10,13H,11-12H2,1-2H3,(H,21,23). The fourth-order valence-electron chi connectivity index (χ4n) is 2.60. The summed E-state index contributed by atoms with van der Waals surface area (Å²) >= 11 is 0. The molecule has 0 bridgehead atoms. The Balaban J connectivity index is 1.64. The van der Waals surface area contributed by atoms with Gasteiger partial charge in [0.05, 0.1) is 0 Å². The normalized spacial score (nSPS) is 10.6. The van der Waals surface area contributed by atoms with E-state index < -0.39 is 11.5 Å². The molecular weight excluding hydrogens is 316 g/mol. The van der Waals surface area contributed by atoms with Crippen molar-refractivity contribution in [3.63, 3.8) is 0 Å². The van der Waals surface area contributed by atoms with Gasteiger partial charge in [0.1, 0.15) is 11.1 Å². The highest BCUT2D eigenvalue weighted by atomic mass is 16.4. The van der Waals surface area contributed by atoms with Gasteiger partial charge in [-0.25, -0.2) is 4.79 Å². The molecule has 25 heavy (non-hydrogen) atoms. The maximum absolute atomic E-state index is 12.3. The van der Waals surface area contributed by atoms with Crippen LogP contribution in [0.15, 0.2) is 63.8 Å². The molecule has 0 aliphatic heterocycles. The fraction of sp³-hybridized carbons (Fsp3) is 0.200. The average Bonchev–Trinajstić information content (AvgIpc) is 2.61. The largest absolute Gasteiger partial charge is 0.422 e. The van der Waals surface area contributed by atoms with Crippen molar-refractivity contribution in [2.24, 2.45) is 0 Å². The van der Waals surface area contributed by atoms with Crippen molar-refractivity contribution in [2.75, 3.05) is 25.5 Å². The number of hydrogen-bond acceptors (Lipinski definition) is 4. The molecule has 1 aromatic heterocycles. The molecule has 1 amide bonds. The first-order valence-electron chi connectivity index (χ1n) is 8.12.